The molecule has 0 aliphatic heterocycles. The molecule has 0 spiro atoms. The molecule has 1 heterocycles. The number of hydrogen-bond donors (Lipinski definition) is 1. The van der Waals surface area contributed by atoms with Gasteiger partial charge < -0.3 is 5.11 Å². The Morgan fingerprint density at radius 3 is 1.93 bits per heavy atom. The van der Waals surface area contributed by atoms with Crippen LogP contribution < -0.4 is 10.1 Å². The van der Waals surface area contributed by atoms with E-state index in [9.17, 15) is 9.90 Å². The molecular weight excluding hydrogens is 348 g/mol. The fraction of sp³-hybridized carbons (Fsp3) is 0.0833. The van der Waals surface area contributed by atoms with Crippen molar-refractivity contribution in [3.05, 3.63) is 107 Å². The van der Waals surface area contributed by atoms with Gasteiger partial charge in [0.15, 0.2) is 0 Å². The van der Waals surface area contributed by atoms with Crippen LogP contribution in [0.2, 0.25) is 0 Å². The summed E-state index contributed by atoms with van der Waals surface area (Å²) in [4.78, 5) is 13.4. The van der Waals surface area contributed by atoms with E-state index in [1.54, 1.807) is 9.13 Å². The van der Waals surface area contributed by atoms with Crippen LogP contribution in [0.15, 0.2) is 95.8 Å². The maximum Gasteiger partial charge on any atom is 0.350 e. The van der Waals surface area contributed by atoms with Crippen LogP contribution in [0.1, 0.15) is 12.5 Å². The number of hydrogen-bond acceptors (Lipinski definition) is 2. The maximum absolute atomic E-state index is 13.4. The first-order chi connectivity index (χ1) is 13.7. The molecule has 0 radical (unpaired) electrons. The standard InChI is InChI=1S/C24H20N2O2/c1-2-21-23(27)25(19-14-8-4-9-15-19)22(18-12-6-3-7-13-18)26(24(21)28)20-16-10-5-11-17-20/h3-17H,2H2,1H3/p+1. The molecule has 0 bridgehead atoms. The Bertz CT molecular complexity index is 1150. The van der Waals surface area contributed by atoms with Crippen LogP contribution in [-0.4, -0.2) is 9.67 Å². The fourth-order valence-electron chi connectivity index (χ4n) is 3.46. The molecule has 4 aromatic rings. The second-order valence-electron chi connectivity index (χ2n) is 6.49. The van der Waals surface area contributed by atoms with E-state index in [1.165, 1.54) is 0 Å². The molecule has 0 fully saturated rings. The zero-order chi connectivity index (χ0) is 19.5. The quantitative estimate of drug-likeness (QED) is 0.552. The lowest BCUT2D eigenvalue weighted by Gasteiger charge is -2.15. The van der Waals surface area contributed by atoms with Crippen LogP contribution in [0.5, 0.6) is 5.88 Å². The highest BCUT2D eigenvalue weighted by atomic mass is 16.3. The minimum atomic E-state index is -0.211. The highest BCUT2D eigenvalue weighted by Gasteiger charge is 2.30. The van der Waals surface area contributed by atoms with Crippen molar-refractivity contribution in [2.75, 3.05) is 0 Å². The summed E-state index contributed by atoms with van der Waals surface area (Å²) >= 11 is 0. The van der Waals surface area contributed by atoms with Gasteiger partial charge in [-0.1, -0.05) is 61.5 Å². The van der Waals surface area contributed by atoms with Crippen molar-refractivity contribution in [1.29, 1.82) is 0 Å². The molecule has 28 heavy (non-hydrogen) atoms. The number of benzene rings is 3. The first-order valence-electron chi connectivity index (χ1n) is 9.31. The highest BCUT2D eigenvalue weighted by Crippen LogP contribution is 2.24. The number of aromatic hydroxyl groups is 1. The van der Waals surface area contributed by atoms with Gasteiger partial charge in [0, 0.05) is 0 Å². The lowest BCUT2D eigenvalue weighted by molar-refractivity contribution is -0.597. The van der Waals surface area contributed by atoms with Crippen LogP contribution in [0.3, 0.4) is 0 Å². The van der Waals surface area contributed by atoms with Crippen LogP contribution in [0, 0.1) is 0 Å². The normalized spacial score (nSPS) is 10.8. The number of rotatable bonds is 4. The largest absolute Gasteiger partial charge is 0.477 e. The molecule has 0 amide bonds. The van der Waals surface area contributed by atoms with Gasteiger partial charge in [-0.05, 0) is 42.8 Å². The summed E-state index contributed by atoms with van der Waals surface area (Å²) < 4.78 is 3.43. The van der Waals surface area contributed by atoms with E-state index < -0.39 is 0 Å². The average molecular weight is 369 g/mol. The molecule has 1 N–H and O–H groups in total. The fourth-order valence-corrected chi connectivity index (χ4v) is 3.46. The molecule has 138 valence electrons. The Kier molecular flexibility index (Phi) is 4.77. The molecule has 0 aliphatic carbocycles. The molecule has 0 saturated carbocycles. The van der Waals surface area contributed by atoms with E-state index in [0.717, 1.165) is 16.9 Å². The van der Waals surface area contributed by atoms with Crippen molar-refractivity contribution in [2.24, 2.45) is 0 Å². The first-order valence-corrected chi connectivity index (χ1v) is 9.31. The van der Waals surface area contributed by atoms with Crippen LogP contribution in [0.25, 0.3) is 22.8 Å². The molecular formula is C24H21N2O2+. The predicted molar refractivity (Wildman–Crippen MR) is 110 cm³/mol. The number of aromatic nitrogens is 2. The van der Waals surface area contributed by atoms with Gasteiger partial charge in [-0.3, -0.25) is 0 Å². The summed E-state index contributed by atoms with van der Waals surface area (Å²) in [5.41, 5.74) is 2.55. The molecule has 0 aliphatic rings. The second kappa shape index (κ2) is 7.53. The van der Waals surface area contributed by atoms with Gasteiger partial charge in [0.1, 0.15) is 16.9 Å². The van der Waals surface area contributed by atoms with Gasteiger partial charge in [0.25, 0.3) is 5.88 Å². The molecule has 0 unspecified atom stereocenters. The van der Waals surface area contributed by atoms with Crippen molar-refractivity contribution >= 4 is 0 Å². The number of nitrogens with zero attached hydrogens (tertiary/aromatic N) is 2. The zero-order valence-electron chi connectivity index (χ0n) is 15.6. The summed E-state index contributed by atoms with van der Waals surface area (Å²) in [6.07, 6.45) is 0.430. The Morgan fingerprint density at radius 2 is 1.36 bits per heavy atom. The van der Waals surface area contributed by atoms with Crippen molar-refractivity contribution < 1.29 is 9.67 Å². The Hall–Kier alpha value is -3.66. The SMILES string of the molecule is CCc1c(O)[n+](-c2ccccc2)c(-c2ccccc2)n(-c2ccccc2)c1=O. The van der Waals surface area contributed by atoms with Gasteiger partial charge in [-0.25, -0.2) is 4.79 Å². The number of para-hydroxylation sites is 2. The van der Waals surface area contributed by atoms with E-state index in [1.807, 2.05) is 97.9 Å². The van der Waals surface area contributed by atoms with Gasteiger partial charge in [0.05, 0.1) is 5.56 Å². The second-order valence-corrected chi connectivity index (χ2v) is 6.49. The molecule has 3 aromatic carbocycles. The van der Waals surface area contributed by atoms with Crippen LogP contribution >= 0.6 is 0 Å². The summed E-state index contributed by atoms with van der Waals surface area (Å²) in [5, 5.41) is 11.1. The van der Waals surface area contributed by atoms with Gasteiger partial charge in [-0.2, -0.15) is 9.13 Å². The third kappa shape index (κ3) is 2.99. The van der Waals surface area contributed by atoms with E-state index in [4.69, 9.17) is 0 Å². The minimum absolute atomic E-state index is 0.0234. The van der Waals surface area contributed by atoms with Gasteiger partial charge in [-0.15, -0.1) is 0 Å². The lowest BCUT2D eigenvalue weighted by atomic mass is 10.1. The molecule has 0 saturated heterocycles. The zero-order valence-corrected chi connectivity index (χ0v) is 15.6. The summed E-state index contributed by atoms with van der Waals surface area (Å²) in [5.74, 6) is 0.586. The summed E-state index contributed by atoms with van der Waals surface area (Å²) in [7, 11) is 0. The minimum Gasteiger partial charge on any atom is -0.477 e. The van der Waals surface area contributed by atoms with E-state index in [2.05, 4.69) is 0 Å². The van der Waals surface area contributed by atoms with E-state index in [0.29, 0.717) is 17.8 Å². The van der Waals surface area contributed by atoms with Crippen molar-refractivity contribution in [1.82, 2.24) is 4.57 Å². The lowest BCUT2D eigenvalue weighted by Crippen LogP contribution is -2.43. The summed E-state index contributed by atoms with van der Waals surface area (Å²) in [6.45, 7) is 1.88. The first kappa shape index (κ1) is 17.7. The monoisotopic (exact) mass is 369 g/mol. The Balaban J connectivity index is 2.21. The maximum atomic E-state index is 13.4. The average Bonchev–Trinajstić information content (AvgIpc) is 2.75. The van der Waals surface area contributed by atoms with E-state index in [-0.39, 0.29) is 11.4 Å². The molecule has 4 heteroatoms. The van der Waals surface area contributed by atoms with Crippen molar-refractivity contribution in [3.63, 3.8) is 0 Å². The Labute approximate surface area is 163 Å². The molecule has 4 rings (SSSR count). The molecule has 0 atom stereocenters. The third-order valence-electron chi connectivity index (χ3n) is 4.78. The summed E-state index contributed by atoms with van der Waals surface area (Å²) in [6, 6.07) is 28.8. The van der Waals surface area contributed by atoms with Crippen molar-refractivity contribution in [3.8, 4) is 28.6 Å². The third-order valence-corrected chi connectivity index (χ3v) is 4.78. The van der Waals surface area contributed by atoms with Crippen LogP contribution in [-0.2, 0) is 6.42 Å². The van der Waals surface area contributed by atoms with Gasteiger partial charge >= 0.3 is 11.4 Å². The molecule has 1 aromatic heterocycles. The Morgan fingerprint density at radius 1 is 0.821 bits per heavy atom. The smallest absolute Gasteiger partial charge is 0.350 e. The highest BCUT2D eigenvalue weighted by molar-refractivity contribution is 5.57. The van der Waals surface area contributed by atoms with Gasteiger partial charge in [0.2, 0.25) is 0 Å². The van der Waals surface area contributed by atoms with E-state index >= 15 is 0 Å². The van der Waals surface area contributed by atoms with Crippen LogP contribution in [0.4, 0.5) is 0 Å². The topological polar surface area (TPSA) is 46.1 Å². The van der Waals surface area contributed by atoms with Crippen molar-refractivity contribution in [2.45, 2.75) is 13.3 Å². The predicted octanol–water partition coefficient (Wildman–Crippen LogP) is 4.05. The molecule has 4 nitrogen and oxygen atoms in total.